The standard InChI is InChI=1S/C11H14F3NO/c1-7-5-8(3-4-9(7)16-2)6-10(15)11(12,13)14/h3-5,10H,6,15H2,1-2H3. The minimum atomic E-state index is -4.35. The molecule has 1 rings (SSSR count). The zero-order valence-corrected chi connectivity index (χ0v) is 9.14. The van der Waals surface area contributed by atoms with Crippen molar-refractivity contribution >= 4 is 0 Å². The van der Waals surface area contributed by atoms with E-state index in [-0.39, 0.29) is 6.42 Å². The molecule has 2 nitrogen and oxygen atoms in total. The van der Waals surface area contributed by atoms with Crippen LogP contribution < -0.4 is 10.5 Å². The summed E-state index contributed by atoms with van der Waals surface area (Å²) in [4.78, 5) is 0. The second-order valence-electron chi connectivity index (χ2n) is 3.66. The summed E-state index contributed by atoms with van der Waals surface area (Å²) >= 11 is 0. The number of ether oxygens (including phenoxy) is 1. The Morgan fingerprint density at radius 1 is 1.38 bits per heavy atom. The van der Waals surface area contributed by atoms with E-state index in [2.05, 4.69) is 0 Å². The van der Waals surface area contributed by atoms with Crippen LogP contribution in [0.3, 0.4) is 0 Å². The highest BCUT2D eigenvalue weighted by atomic mass is 19.4. The van der Waals surface area contributed by atoms with Crippen LogP contribution in [0.1, 0.15) is 11.1 Å². The lowest BCUT2D eigenvalue weighted by Crippen LogP contribution is -2.39. The molecular formula is C11H14F3NO. The summed E-state index contributed by atoms with van der Waals surface area (Å²) in [6.45, 7) is 1.78. The predicted octanol–water partition coefficient (Wildman–Crippen LogP) is 2.44. The van der Waals surface area contributed by atoms with Crippen LogP contribution in [0.5, 0.6) is 5.75 Å². The molecule has 0 saturated carbocycles. The minimum Gasteiger partial charge on any atom is -0.496 e. The van der Waals surface area contributed by atoms with Gasteiger partial charge in [-0.15, -0.1) is 0 Å². The fourth-order valence-corrected chi connectivity index (χ4v) is 1.44. The Kier molecular flexibility index (Phi) is 3.80. The molecule has 0 amide bonds. The van der Waals surface area contributed by atoms with Crippen LogP contribution >= 0.6 is 0 Å². The monoisotopic (exact) mass is 233 g/mol. The molecule has 1 unspecified atom stereocenters. The largest absolute Gasteiger partial charge is 0.496 e. The number of nitrogens with two attached hydrogens (primary N) is 1. The molecule has 0 aliphatic carbocycles. The molecular weight excluding hydrogens is 219 g/mol. The highest BCUT2D eigenvalue weighted by Crippen LogP contribution is 2.24. The van der Waals surface area contributed by atoms with Crippen LogP contribution in [-0.4, -0.2) is 19.3 Å². The van der Waals surface area contributed by atoms with Crippen LogP contribution in [0, 0.1) is 6.92 Å². The van der Waals surface area contributed by atoms with Gasteiger partial charge in [0.15, 0.2) is 0 Å². The number of hydrogen-bond donors (Lipinski definition) is 1. The average Bonchev–Trinajstić information content (AvgIpc) is 2.16. The lowest BCUT2D eigenvalue weighted by Gasteiger charge is -2.16. The quantitative estimate of drug-likeness (QED) is 0.870. The lowest BCUT2D eigenvalue weighted by atomic mass is 10.0. The second-order valence-corrected chi connectivity index (χ2v) is 3.66. The van der Waals surface area contributed by atoms with Gasteiger partial charge >= 0.3 is 6.18 Å². The summed E-state index contributed by atoms with van der Waals surface area (Å²) in [5.74, 6) is 0.657. The number of hydrogen-bond acceptors (Lipinski definition) is 2. The maximum absolute atomic E-state index is 12.2. The molecule has 0 spiro atoms. The number of benzene rings is 1. The summed E-state index contributed by atoms with van der Waals surface area (Å²) in [7, 11) is 1.52. The highest BCUT2D eigenvalue weighted by Gasteiger charge is 2.36. The molecule has 0 fully saturated rings. The second kappa shape index (κ2) is 4.74. The van der Waals surface area contributed by atoms with E-state index in [9.17, 15) is 13.2 Å². The first kappa shape index (κ1) is 12.8. The van der Waals surface area contributed by atoms with E-state index in [1.165, 1.54) is 7.11 Å². The van der Waals surface area contributed by atoms with E-state index >= 15 is 0 Å². The Balaban J connectivity index is 2.79. The number of methoxy groups -OCH3 is 1. The van der Waals surface area contributed by atoms with Gasteiger partial charge in [0.2, 0.25) is 0 Å². The molecule has 0 bridgehead atoms. The first-order valence-corrected chi connectivity index (χ1v) is 4.80. The van der Waals surface area contributed by atoms with Crippen LogP contribution in [-0.2, 0) is 6.42 Å². The molecule has 2 N–H and O–H groups in total. The fourth-order valence-electron chi connectivity index (χ4n) is 1.44. The first-order valence-electron chi connectivity index (χ1n) is 4.80. The van der Waals surface area contributed by atoms with Crippen LogP contribution in [0.15, 0.2) is 18.2 Å². The van der Waals surface area contributed by atoms with Crippen molar-refractivity contribution in [3.63, 3.8) is 0 Å². The summed E-state index contributed by atoms with van der Waals surface area (Å²) < 4.78 is 41.7. The van der Waals surface area contributed by atoms with Gasteiger partial charge in [-0.25, -0.2) is 0 Å². The molecule has 5 heteroatoms. The predicted molar refractivity (Wildman–Crippen MR) is 55.5 cm³/mol. The zero-order chi connectivity index (χ0) is 12.3. The van der Waals surface area contributed by atoms with Crippen molar-refractivity contribution in [1.29, 1.82) is 0 Å². The Bertz CT molecular complexity index is 363. The molecule has 0 radical (unpaired) electrons. The van der Waals surface area contributed by atoms with Gasteiger partial charge in [0, 0.05) is 0 Å². The van der Waals surface area contributed by atoms with Crippen molar-refractivity contribution in [2.45, 2.75) is 25.6 Å². The molecule has 0 aromatic heterocycles. The molecule has 0 saturated heterocycles. The van der Waals surface area contributed by atoms with E-state index < -0.39 is 12.2 Å². The Morgan fingerprint density at radius 3 is 2.44 bits per heavy atom. The number of alkyl halides is 3. The molecule has 1 aromatic carbocycles. The number of halogens is 3. The third-order valence-corrected chi connectivity index (χ3v) is 2.34. The minimum absolute atomic E-state index is 0.214. The average molecular weight is 233 g/mol. The van der Waals surface area contributed by atoms with Gasteiger partial charge in [-0.3, -0.25) is 0 Å². The summed E-state index contributed by atoms with van der Waals surface area (Å²) in [5.41, 5.74) is 6.41. The zero-order valence-electron chi connectivity index (χ0n) is 9.14. The van der Waals surface area contributed by atoms with Crippen molar-refractivity contribution in [3.05, 3.63) is 29.3 Å². The van der Waals surface area contributed by atoms with Crippen molar-refractivity contribution < 1.29 is 17.9 Å². The smallest absolute Gasteiger partial charge is 0.403 e. The third kappa shape index (κ3) is 3.13. The molecule has 0 heterocycles. The number of rotatable bonds is 3. The first-order chi connectivity index (χ1) is 7.34. The maximum atomic E-state index is 12.2. The van der Waals surface area contributed by atoms with Crippen LogP contribution in [0.25, 0.3) is 0 Å². The van der Waals surface area contributed by atoms with Gasteiger partial charge in [0.25, 0.3) is 0 Å². The van der Waals surface area contributed by atoms with Crippen molar-refractivity contribution in [1.82, 2.24) is 0 Å². The van der Waals surface area contributed by atoms with Gasteiger partial charge in [-0.05, 0) is 30.5 Å². The normalized spacial score (nSPS) is 13.6. The number of aryl methyl sites for hydroxylation is 1. The van der Waals surface area contributed by atoms with E-state index in [0.717, 1.165) is 5.56 Å². The van der Waals surface area contributed by atoms with E-state index in [0.29, 0.717) is 11.3 Å². The lowest BCUT2D eigenvalue weighted by molar-refractivity contribution is -0.147. The molecule has 0 aliphatic rings. The highest BCUT2D eigenvalue weighted by molar-refractivity contribution is 5.36. The molecule has 90 valence electrons. The fraction of sp³-hybridized carbons (Fsp3) is 0.455. The Hall–Kier alpha value is -1.23. The van der Waals surface area contributed by atoms with Gasteiger partial charge in [0.05, 0.1) is 7.11 Å². The van der Waals surface area contributed by atoms with Gasteiger partial charge in [-0.2, -0.15) is 13.2 Å². The van der Waals surface area contributed by atoms with Crippen molar-refractivity contribution in [3.8, 4) is 5.75 Å². The molecule has 1 aromatic rings. The topological polar surface area (TPSA) is 35.2 Å². The van der Waals surface area contributed by atoms with E-state index in [4.69, 9.17) is 10.5 Å². The van der Waals surface area contributed by atoms with Gasteiger partial charge in [-0.1, -0.05) is 12.1 Å². The SMILES string of the molecule is COc1ccc(CC(N)C(F)(F)F)cc1C. The van der Waals surface area contributed by atoms with E-state index in [1.54, 1.807) is 25.1 Å². The molecule has 16 heavy (non-hydrogen) atoms. The van der Waals surface area contributed by atoms with E-state index in [1.807, 2.05) is 0 Å². The van der Waals surface area contributed by atoms with Crippen LogP contribution in [0.4, 0.5) is 13.2 Å². The summed E-state index contributed by atoms with van der Waals surface area (Å²) in [6.07, 6.45) is -4.57. The van der Waals surface area contributed by atoms with Gasteiger partial charge < -0.3 is 10.5 Å². The maximum Gasteiger partial charge on any atom is 0.403 e. The molecule has 0 aliphatic heterocycles. The summed E-state index contributed by atoms with van der Waals surface area (Å²) in [5, 5.41) is 0. The van der Waals surface area contributed by atoms with Crippen molar-refractivity contribution in [2.75, 3.05) is 7.11 Å². The summed E-state index contributed by atoms with van der Waals surface area (Å²) in [6, 6.07) is 3.08. The Morgan fingerprint density at radius 2 is 2.00 bits per heavy atom. The van der Waals surface area contributed by atoms with Crippen molar-refractivity contribution in [2.24, 2.45) is 5.73 Å². The molecule has 1 atom stereocenters. The van der Waals surface area contributed by atoms with Crippen LogP contribution in [0.2, 0.25) is 0 Å². The third-order valence-electron chi connectivity index (χ3n) is 2.34. The van der Waals surface area contributed by atoms with Gasteiger partial charge in [0.1, 0.15) is 11.8 Å². The Labute approximate surface area is 92.2 Å².